The molecule has 0 bridgehead atoms. The predicted octanol–water partition coefficient (Wildman–Crippen LogP) is 2.68. The fourth-order valence-corrected chi connectivity index (χ4v) is 0.461. The molecule has 11 heavy (non-hydrogen) atoms. The zero-order valence-corrected chi connectivity index (χ0v) is 8.19. The monoisotopic (exact) mass is 157 g/mol. The van der Waals surface area contributed by atoms with E-state index >= 15 is 0 Å². The first-order valence-corrected chi connectivity index (χ1v) is 4.04. The summed E-state index contributed by atoms with van der Waals surface area (Å²) in [7, 11) is 0. The first kappa shape index (κ1) is 10.5. The Balaban J connectivity index is 3.64. The summed E-state index contributed by atoms with van der Waals surface area (Å²) in [6.07, 6.45) is 0. The van der Waals surface area contributed by atoms with Crippen molar-refractivity contribution in [1.82, 2.24) is 0 Å². The lowest BCUT2D eigenvalue weighted by Crippen LogP contribution is -2.20. The van der Waals surface area contributed by atoms with Crippen LogP contribution in [0.1, 0.15) is 34.6 Å². The number of ether oxygens (including phenoxy) is 1. The van der Waals surface area contributed by atoms with Crippen LogP contribution in [0.4, 0.5) is 0 Å². The summed E-state index contributed by atoms with van der Waals surface area (Å²) < 4.78 is 5.25. The zero-order valence-electron chi connectivity index (χ0n) is 8.19. The van der Waals surface area contributed by atoms with E-state index in [2.05, 4.69) is 20.8 Å². The van der Waals surface area contributed by atoms with E-state index in [0.717, 1.165) is 0 Å². The molecule has 2 heteroatoms. The third kappa shape index (κ3) is 5.89. The SMILES string of the molecule is CC(C)C(=N)OCC(C)(C)C. The van der Waals surface area contributed by atoms with Crippen LogP contribution >= 0.6 is 0 Å². The number of nitrogens with one attached hydrogen (secondary N) is 1. The van der Waals surface area contributed by atoms with Crippen molar-refractivity contribution in [1.29, 1.82) is 5.41 Å². The highest BCUT2D eigenvalue weighted by atomic mass is 16.5. The molecule has 0 rings (SSSR count). The second-order valence-electron chi connectivity index (χ2n) is 4.37. The van der Waals surface area contributed by atoms with Crippen molar-refractivity contribution in [2.45, 2.75) is 34.6 Å². The minimum atomic E-state index is 0.154. The lowest BCUT2D eigenvalue weighted by molar-refractivity contribution is 0.176. The Hall–Kier alpha value is -0.530. The molecule has 0 aromatic heterocycles. The molecule has 0 aliphatic rings. The molecular weight excluding hydrogens is 138 g/mol. The van der Waals surface area contributed by atoms with Crippen molar-refractivity contribution >= 4 is 5.90 Å². The van der Waals surface area contributed by atoms with Crippen molar-refractivity contribution in [3.05, 3.63) is 0 Å². The quantitative estimate of drug-likeness (QED) is 0.485. The Morgan fingerprint density at radius 2 is 1.82 bits per heavy atom. The van der Waals surface area contributed by atoms with Crippen LogP contribution in [0.3, 0.4) is 0 Å². The molecule has 0 saturated heterocycles. The zero-order chi connectivity index (χ0) is 9.07. The maximum atomic E-state index is 7.40. The molecule has 0 atom stereocenters. The smallest absolute Gasteiger partial charge is 0.182 e. The van der Waals surface area contributed by atoms with Crippen LogP contribution in [-0.4, -0.2) is 12.5 Å². The van der Waals surface area contributed by atoms with E-state index in [-0.39, 0.29) is 11.3 Å². The summed E-state index contributed by atoms with van der Waals surface area (Å²) >= 11 is 0. The van der Waals surface area contributed by atoms with E-state index in [1.54, 1.807) is 0 Å². The van der Waals surface area contributed by atoms with Gasteiger partial charge in [-0.05, 0) is 5.41 Å². The summed E-state index contributed by atoms with van der Waals surface area (Å²) in [6.45, 7) is 10.8. The number of hydrogen-bond donors (Lipinski definition) is 1. The Morgan fingerprint density at radius 3 is 2.09 bits per heavy atom. The van der Waals surface area contributed by atoms with Gasteiger partial charge < -0.3 is 4.74 Å². The second-order valence-corrected chi connectivity index (χ2v) is 4.37. The van der Waals surface area contributed by atoms with Gasteiger partial charge in [-0.2, -0.15) is 0 Å². The van der Waals surface area contributed by atoms with Crippen molar-refractivity contribution in [2.24, 2.45) is 11.3 Å². The molecule has 2 nitrogen and oxygen atoms in total. The largest absolute Gasteiger partial charge is 0.480 e. The van der Waals surface area contributed by atoms with Crippen LogP contribution in [0.2, 0.25) is 0 Å². The second kappa shape index (κ2) is 3.74. The molecule has 0 heterocycles. The molecule has 0 fully saturated rings. The van der Waals surface area contributed by atoms with Gasteiger partial charge >= 0.3 is 0 Å². The van der Waals surface area contributed by atoms with Gasteiger partial charge in [-0.25, -0.2) is 0 Å². The highest BCUT2D eigenvalue weighted by molar-refractivity contribution is 5.74. The first-order valence-electron chi connectivity index (χ1n) is 4.04. The van der Waals surface area contributed by atoms with E-state index in [1.165, 1.54) is 0 Å². The van der Waals surface area contributed by atoms with Crippen molar-refractivity contribution in [3.63, 3.8) is 0 Å². The van der Waals surface area contributed by atoms with E-state index < -0.39 is 0 Å². The molecule has 0 amide bonds. The third-order valence-electron chi connectivity index (χ3n) is 1.19. The average molecular weight is 157 g/mol. The predicted molar refractivity (Wildman–Crippen MR) is 48.0 cm³/mol. The van der Waals surface area contributed by atoms with Gasteiger partial charge in [0.2, 0.25) is 0 Å². The van der Waals surface area contributed by atoms with Crippen LogP contribution in [0.25, 0.3) is 0 Å². The van der Waals surface area contributed by atoms with Gasteiger partial charge in [-0.1, -0.05) is 34.6 Å². The lowest BCUT2D eigenvalue weighted by Gasteiger charge is -2.20. The van der Waals surface area contributed by atoms with Gasteiger partial charge in [-0.3, -0.25) is 5.41 Å². The van der Waals surface area contributed by atoms with Crippen LogP contribution in [0, 0.1) is 16.7 Å². The minimum Gasteiger partial charge on any atom is -0.480 e. The van der Waals surface area contributed by atoms with Crippen molar-refractivity contribution < 1.29 is 4.74 Å². The molecular formula is C9H19NO. The van der Waals surface area contributed by atoms with E-state index in [1.807, 2.05) is 13.8 Å². The van der Waals surface area contributed by atoms with Crippen LogP contribution in [-0.2, 0) is 4.74 Å². The summed E-state index contributed by atoms with van der Waals surface area (Å²) in [5.41, 5.74) is 0.154. The Bertz CT molecular complexity index is 133. The van der Waals surface area contributed by atoms with Gasteiger partial charge in [0.15, 0.2) is 5.90 Å². The molecule has 1 N–H and O–H groups in total. The first-order chi connectivity index (χ1) is 4.83. The maximum Gasteiger partial charge on any atom is 0.182 e. The minimum absolute atomic E-state index is 0.154. The normalized spacial score (nSPS) is 11.8. The topological polar surface area (TPSA) is 33.1 Å². The van der Waals surface area contributed by atoms with Gasteiger partial charge in [0.25, 0.3) is 0 Å². The van der Waals surface area contributed by atoms with Gasteiger partial charge in [-0.15, -0.1) is 0 Å². The molecule has 0 unspecified atom stereocenters. The van der Waals surface area contributed by atoms with E-state index in [4.69, 9.17) is 10.1 Å². The highest BCUT2D eigenvalue weighted by Crippen LogP contribution is 2.13. The Labute approximate surface area is 69.5 Å². The number of hydrogen-bond acceptors (Lipinski definition) is 2. The summed E-state index contributed by atoms with van der Waals surface area (Å²) in [6, 6.07) is 0. The van der Waals surface area contributed by atoms with Crippen LogP contribution in [0.5, 0.6) is 0 Å². The molecule has 0 aromatic carbocycles. The van der Waals surface area contributed by atoms with Gasteiger partial charge in [0.1, 0.15) is 0 Å². The maximum absolute atomic E-state index is 7.40. The van der Waals surface area contributed by atoms with Crippen LogP contribution in [0.15, 0.2) is 0 Å². The summed E-state index contributed by atoms with van der Waals surface area (Å²) in [4.78, 5) is 0. The molecule has 0 radical (unpaired) electrons. The van der Waals surface area contributed by atoms with Crippen molar-refractivity contribution in [3.8, 4) is 0 Å². The van der Waals surface area contributed by atoms with Gasteiger partial charge in [0.05, 0.1) is 6.61 Å². The fourth-order valence-electron chi connectivity index (χ4n) is 0.461. The fraction of sp³-hybridized carbons (Fsp3) is 0.889. The highest BCUT2D eigenvalue weighted by Gasteiger charge is 2.13. The molecule has 0 aliphatic heterocycles. The lowest BCUT2D eigenvalue weighted by atomic mass is 9.99. The van der Waals surface area contributed by atoms with E-state index in [9.17, 15) is 0 Å². The van der Waals surface area contributed by atoms with E-state index in [0.29, 0.717) is 12.5 Å². The Kier molecular flexibility index (Phi) is 3.56. The number of rotatable bonds is 2. The Morgan fingerprint density at radius 1 is 1.36 bits per heavy atom. The molecule has 0 aliphatic carbocycles. The van der Waals surface area contributed by atoms with Gasteiger partial charge in [0, 0.05) is 5.92 Å². The van der Waals surface area contributed by atoms with Crippen LogP contribution < -0.4 is 0 Å². The molecule has 0 spiro atoms. The molecule has 66 valence electrons. The standard InChI is InChI=1S/C9H19NO/c1-7(2)8(10)11-6-9(3,4)5/h7,10H,6H2,1-5H3. The molecule has 0 aromatic rings. The third-order valence-corrected chi connectivity index (χ3v) is 1.19. The average Bonchev–Trinajstić information content (AvgIpc) is 1.80. The molecule has 0 saturated carbocycles. The summed E-state index contributed by atoms with van der Waals surface area (Å²) in [5, 5.41) is 7.40. The summed E-state index contributed by atoms with van der Waals surface area (Å²) in [5.74, 6) is 0.595. The van der Waals surface area contributed by atoms with Crippen molar-refractivity contribution in [2.75, 3.05) is 6.61 Å².